The molecule has 7 heteroatoms. The number of fused-ring (bicyclic) bond motifs is 1. The molecule has 1 aromatic heterocycles. The Labute approximate surface area is 144 Å². The van der Waals surface area contributed by atoms with Crippen molar-refractivity contribution < 1.29 is 23.5 Å². The van der Waals surface area contributed by atoms with Crippen LogP contribution in [0.3, 0.4) is 0 Å². The van der Waals surface area contributed by atoms with E-state index < -0.39 is 29.3 Å². The first kappa shape index (κ1) is 18.5. The molecule has 1 amide bonds. The highest BCUT2D eigenvalue weighted by molar-refractivity contribution is 5.84. The van der Waals surface area contributed by atoms with Gasteiger partial charge in [-0.25, -0.2) is 14.4 Å². The van der Waals surface area contributed by atoms with Crippen LogP contribution in [0.4, 0.5) is 4.79 Å². The van der Waals surface area contributed by atoms with Crippen molar-refractivity contribution in [3.8, 4) is 5.75 Å². The lowest BCUT2D eigenvalue weighted by Gasteiger charge is -2.22. The van der Waals surface area contributed by atoms with Gasteiger partial charge in [0.1, 0.15) is 23.0 Å². The molecule has 1 unspecified atom stereocenters. The lowest BCUT2D eigenvalue weighted by Crippen LogP contribution is -2.44. The maximum absolute atomic E-state index is 12.3. The summed E-state index contributed by atoms with van der Waals surface area (Å²) < 4.78 is 15.5. The van der Waals surface area contributed by atoms with Crippen molar-refractivity contribution >= 4 is 23.0 Å². The highest BCUT2D eigenvalue weighted by atomic mass is 16.6. The third-order valence-corrected chi connectivity index (χ3v) is 3.20. The normalized spacial score (nSPS) is 12.5. The van der Waals surface area contributed by atoms with Crippen LogP contribution in [0.1, 0.15) is 34.1 Å². The number of carbonyl (C=O) groups excluding carboxylic acids is 2. The number of esters is 1. The maximum atomic E-state index is 12.3. The molecule has 0 fully saturated rings. The second-order valence-corrected chi connectivity index (χ2v) is 6.48. The monoisotopic (exact) mass is 347 g/mol. The van der Waals surface area contributed by atoms with E-state index in [0.717, 1.165) is 0 Å². The van der Waals surface area contributed by atoms with Crippen LogP contribution in [-0.4, -0.2) is 23.7 Å². The van der Waals surface area contributed by atoms with Gasteiger partial charge < -0.3 is 19.2 Å². The van der Waals surface area contributed by atoms with Gasteiger partial charge >= 0.3 is 17.7 Å². The van der Waals surface area contributed by atoms with Crippen molar-refractivity contribution in [2.75, 3.05) is 0 Å². The predicted molar refractivity (Wildman–Crippen MR) is 91.6 cm³/mol. The molecule has 0 saturated carbocycles. The first-order valence-electron chi connectivity index (χ1n) is 7.93. The topological polar surface area (TPSA) is 94.8 Å². The summed E-state index contributed by atoms with van der Waals surface area (Å²) in [4.78, 5) is 35.3. The summed E-state index contributed by atoms with van der Waals surface area (Å²) in [6.07, 6.45) is -0.360. The zero-order valence-electron chi connectivity index (χ0n) is 14.6. The first-order chi connectivity index (χ1) is 11.7. The van der Waals surface area contributed by atoms with Crippen molar-refractivity contribution in [2.45, 2.75) is 45.8 Å². The Morgan fingerprint density at radius 1 is 1.20 bits per heavy atom. The molecule has 0 radical (unpaired) electrons. The average molecular weight is 347 g/mol. The molecular weight excluding hydrogens is 326 g/mol. The molecule has 2 aromatic rings. The van der Waals surface area contributed by atoms with Crippen molar-refractivity contribution in [3.05, 3.63) is 40.8 Å². The molecule has 134 valence electrons. The van der Waals surface area contributed by atoms with Gasteiger partial charge in [-0.1, -0.05) is 6.92 Å². The highest BCUT2D eigenvalue weighted by Crippen LogP contribution is 2.20. The quantitative estimate of drug-likeness (QED) is 0.519. The predicted octanol–water partition coefficient (Wildman–Crippen LogP) is 3.00. The Bertz CT molecular complexity index is 833. The van der Waals surface area contributed by atoms with Crippen LogP contribution in [-0.2, 0) is 9.53 Å². The van der Waals surface area contributed by atoms with Gasteiger partial charge in [0.2, 0.25) is 0 Å². The van der Waals surface area contributed by atoms with E-state index in [9.17, 15) is 14.4 Å². The second-order valence-electron chi connectivity index (χ2n) is 6.48. The Morgan fingerprint density at radius 2 is 1.88 bits per heavy atom. The minimum atomic E-state index is -0.853. The largest absolute Gasteiger partial charge is 0.444 e. The number of benzene rings is 1. The molecule has 1 atom stereocenters. The molecule has 0 saturated heterocycles. The van der Waals surface area contributed by atoms with Gasteiger partial charge in [-0.2, -0.15) is 0 Å². The van der Waals surface area contributed by atoms with E-state index in [0.29, 0.717) is 17.4 Å². The number of alkyl carbamates (subject to hydrolysis) is 1. The van der Waals surface area contributed by atoms with Crippen molar-refractivity contribution in [2.24, 2.45) is 0 Å². The van der Waals surface area contributed by atoms with E-state index >= 15 is 0 Å². The number of carbonyl (C=O) groups is 2. The van der Waals surface area contributed by atoms with Crippen LogP contribution in [0.5, 0.6) is 5.75 Å². The van der Waals surface area contributed by atoms with E-state index in [-0.39, 0.29) is 5.75 Å². The Morgan fingerprint density at radius 3 is 2.52 bits per heavy atom. The van der Waals surface area contributed by atoms with Gasteiger partial charge in [-0.15, -0.1) is 0 Å². The fourth-order valence-corrected chi connectivity index (χ4v) is 2.07. The van der Waals surface area contributed by atoms with E-state index in [1.54, 1.807) is 45.9 Å². The standard InChI is InChI=1S/C18H21NO6/c1-5-13(19-17(22)25-18(2,3)4)16(21)23-12-8-6-11-7-9-15(20)24-14(11)10-12/h6-10,13H,5H2,1-4H3,(H,19,22). The maximum Gasteiger partial charge on any atom is 0.408 e. The molecule has 2 rings (SSSR count). The molecule has 0 aliphatic carbocycles. The lowest BCUT2D eigenvalue weighted by molar-refractivity contribution is -0.136. The molecule has 0 aliphatic heterocycles. The Hall–Kier alpha value is -2.83. The molecule has 0 aliphatic rings. The average Bonchev–Trinajstić information content (AvgIpc) is 2.50. The SMILES string of the molecule is CCC(NC(=O)OC(C)(C)C)C(=O)Oc1ccc2ccc(=O)oc2c1. The van der Waals surface area contributed by atoms with Gasteiger partial charge in [0.25, 0.3) is 0 Å². The summed E-state index contributed by atoms with van der Waals surface area (Å²) in [5.74, 6) is -0.415. The van der Waals surface area contributed by atoms with Gasteiger partial charge in [0, 0.05) is 17.5 Å². The second kappa shape index (κ2) is 7.38. The van der Waals surface area contributed by atoms with E-state index in [4.69, 9.17) is 13.9 Å². The highest BCUT2D eigenvalue weighted by Gasteiger charge is 2.24. The van der Waals surface area contributed by atoms with Crippen LogP contribution in [0.15, 0.2) is 39.5 Å². The fourth-order valence-electron chi connectivity index (χ4n) is 2.07. The number of nitrogens with one attached hydrogen (secondary N) is 1. The minimum absolute atomic E-state index is 0.219. The third-order valence-electron chi connectivity index (χ3n) is 3.20. The van der Waals surface area contributed by atoms with Gasteiger partial charge in [0.05, 0.1) is 0 Å². The molecule has 1 heterocycles. The smallest absolute Gasteiger partial charge is 0.408 e. The van der Waals surface area contributed by atoms with Crippen LogP contribution < -0.4 is 15.7 Å². The number of ether oxygens (including phenoxy) is 2. The number of amides is 1. The molecule has 0 bridgehead atoms. The summed E-state index contributed by atoms with van der Waals surface area (Å²) >= 11 is 0. The minimum Gasteiger partial charge on any atom is -0.444 e. The van der Waals surface area contributed by atoms with E-state index in [1.165, 1.54) is 12.1 Å². The first-order valence-corrected chi connectivity index (χ1v) is 7.93. The van der Waals surface area contributed by atoms with Gasteiger partial charge in [-0.3, -0.25) is 0 Å². The molecule has 25 heavy (non-hydrogen) atoms. The Balaban J connectivity index is 2.08. The molecule has 1 aromatic carbocycles. The molecule has 1 N–H and O–H groups in total. The third kappa shape index (κ3) is 5.34. The number of hydrogen-bond acceptors (Lipinski definition) is 6. The van der Waals surface area contributed by atoms with Crippen molar-refractivity contribution in [1.29, 1.82) is 0 Å². The summed E-state index contributed by atoms with van der Waals surface area (Å²) in [7, 11) is 0. The van der Waals surface area contributed by atoms with Crippen LogP contribution in [0, 0.1) is 0 Å². The fraction of sp³-hybridized carbons (Fsp3) is 0.389. The lowest BCUT2D eigenvalue weighted by atomic mass is 10.2. The number of rotatable bonds is 4. The zero-order valence-corrected chi connectivity index (χ0v) is 14.6. The summed E-state index contributed by atoms with van der Waals surface area (Å²) in [6.45, 7) is 6.93. The van der Waals surface area contributed by atoms with Gasteiger partial charge in [0.15, 0.2) is 0 Å². The van der Waals surface area contributed by atoms with Crippen LogP contribution in [0.2, 0.25) is 0 Å². The summed E-state index contributed by atoms with van der Waals surface area (Å²) in [6, 6.07) is 6.78. The van der Waals surface area contributed by atoms with E-state index in [1.807, 2.05) is 0 Å². The Kier molecular flexibility index (Phi) is 5.46. The van der Waals surface area contributed by atoms with Crippen LogP contribution >= 0.6 is 0 Å². The number of hydrogen-bond donors (Lipinski definition) is 1. The molecular formula is C18H21NO6. The van der Waals surface area contributed by atoms with Crippen LogP contribution in [0.25, 0.3) is 11.0 Å². The molecule has 0 spiro atoms. The summed E-state index contributed by atoms with van der Waals surface area (Å²) in [5, 5.41) is 3.19. The molecule has 7 nitrogen and oxygen atoms in total. The van der Waals surface area contributed by atoms with E-state index in [2.05, 4.69) is 5.32 Å². The van der Waals surface area contributed by atoms with Crippen molar-refractivity contribution in [3.63, 3.8) is 0 Å². The summed E-state index contributed by atoms with van der Waals surface area (Å²) in [5.41, 5.74) is -0.845. The van der Waals surface area contributed by atoms with Gasteiger partial charge in [-0.05, 0) is 45.4 Å². The van der Waals surface area contributed by atoms with Crippen molar-refractivity contribution in [1.82, 2.24) is 5.32 Å². The zero-order chi connectivity index (χ0) is 18.6.